The van der Waals surface area contributed by atoms with Crippen molar-refractivity contribution in [3.8, 4) is 28.6 Å². The molecule has 0 bridgehead atoms. The van der Waals surface area contributed by atoms with Gasteiger partial charge in [-0.15, -0.1) is 0 Å². The highest BCUT2D eigenvalue weighted by atomic mass is 16.5. The smallest absolute Gasteiger partial charge is 0.257 e. The van der Waals surface area contributed by atoms with Crippen molar-refractivity contribution in [3.63, 3.8) is 0 Å². The standard InChI is InChI=1S/C22H21N3O5/c1-28-15-11-17(30-3)16(29-2)9-13(15)14-10-18(26)23-21-19(14)22(27)25-20(24-21)12-7-5-4-6-8-12/h4-9,11,14H,10H2,1-3H3,(H2,23,24,25,26,27). The molecule has 1 unspecified atom stereocenters. The molecule has 1 aliphatic rings. The van der Waals surface area contributed by atoms with Crippen molar-refractivity contribution in [1.29, 1.82) is 0 Å². The molecule has 2 aromatic carbocycles. The summed E-state index contributed by atoms with van der Waals surface area (Å²) in [5.41, 5.74) is 1.45. The number of aromatic amines is 1. The molecule has 2 N–H and O–H groups in total. The summed E-state index contributed by atoms with van der Waals surface area (Å²) in [4.78, 5) is 32.9. The molecule has 0 saturated carbocycles. The SMILES string of the molecule is COc1cc(OC)c(C2CC(=O)Nc3nc(-c4ccccc4)[nH]c(=O)c32)cc1OC. The third kappa shape index (κ3) is 3.36. The Balaban J connectivity index is 1.89. The summed E-state index contributed by atoms with van der Waals surface area (Å²) in [6, 6.07) is 12.7. The van der Waals surface area contributed by atoms with Crippen LogP contribution in [0.5, 0.6) is 17.2 Å². The Morgan fingerprint density at radius 3 is 2.27 bits per heavy atom. The van der Waals surface area contributed by atoms with Crippen LogP contribution in [0.1, 0.15) is 23.5 Å². The van der Waals surface area contributed by atoms with E-state index in [2.05, 4.69) is 15.3 Å². The van der Waals surface area contributed by atoms with Gasteiger partial charge in [0.2, 0.25) is 5.91 Å². The van der Waals surface area contributed by atoms with Crippen molar-refractivity contribution in [3.05, 3.63) is 63.9 Å². The van der Waals surface area contributed by atoms with E-state index in [1.807, 2.05) is 30.3 Å². The Kier molecular flexibility index (Phi) is 5.14. The number of anilines is 1. The third-order valence-electron chi connectivity index (χ3n) is 5.11. The van der Waals surface area contributed by atoms with Gasteiger partial charge in [0, 0.05) is 29.5 Å². The summed E-state index contributed by atoms with van der Waals surface area (Å²) < 4.78 is 16.3. The van der Waals surface area contributed by atoms with Crippen molar-refractivity contribution in [2.24, 2.45) is 0 Å². The Morgan fingerprint density at radius 2 is 1.60 bits per heavy atom. The lowest BCUT2D eigenvalue weighted by molar-refractivity contribution is -0.116. The predicted octanol–water partition coefficient (Wildman–Crippen LogP) is 2.94. The fraction of sp³-hybridized carbons (Fsp3) is 0.227. The Bertz CT molecular complexity index is 1160. The minimum atomic E-state index is -0.551. The molecule has 0 radical (unpaired) electrons. The molecule has 0 spiro atoms. The van der Waals surface area contributed by atoms with Crippen LogP contribution in [0.3, 0.4) is 0 Å². The number of nitrogens with zero attached hydrogens (tertiary/aromatic N) is 1. The van der Waals surface area contributed by atoms with Crippen LogP contribution < -0.4 is 25.1 Å². The highest BCUT2D eigenvalue weighted by Gasteiger charge is 2.33. The quantitative estimate of drug-likeness (QED) is 0.674. The van der Waals surface area contributed by atoms with Crippen LogP contribution in [-0.2, 0) is 4.79 Å². The first-order valence-electron chi connectivity index (χ1n) is 9.35. The zero-order chi connectivity index (χ0) is 21.3. The fourth-order valence-electron chi connectivity index (χ4n) is 3.69. The second-order valence-electron chi connectivity index (χ2n) is 6.80. The lowest BCUT2D eigenvalue weighted by atomic mass is 9.86. The molecule has 1 amide bonds. The molecule has 30 heavy (non-hydrogen) atoms. The lowest BCUT2D eigenvalue weighted by Gasteiger charge is -2.26. The summed E-state index contributed by atoms with van der Waals surface area (Å²) in [5, 5.41) is 2.73. The normalized spacial score (nSPS) is 15.2. The Labute approximate surface area is 172 Å². The number of carbonyl (C=O) groups is 1. The third-order valence-corrected chi connectivity index (χ3v) is 5.11. The number of carbonyl (C=O) groups excluding carboxylic acids is 1. The molecular formula is C22H21N3O5. The van der Waals surface area contributed by atoms with E-state index in [9.17, 15) is 9.59 Å². The second kappa shape index (κ2) is 7.90. The van der Waals surface area contributed by atoms with Gasteiger partial charge in [-0.1, -0.05) is 30.3 Å². The molecule has 1 aliphatic heterocycles. The van der Waals surface area contributed by atoms with Crippen LogP contribution >= 0.6 is 0 Å². The molecule has 3 aromatic rings. The van der Waals surface area contributed by atoms with E-state index in [0.717, 1.165) is 5.56 Å². The molecule has 1 atom stereocenters. The van der Waals surface area contributed by atoms with E-state index in [4.69, 9.17) is 14.2 Å². The zero-order valence-corrected chi connectivity index (χ0v) is 16.8. The zero-order valence-electron chi connectivity index (χ0n) is 16.8. The first kappa shape index (κ1) is 19.5. The summed E-state index contributed by atoms with van der Waals surface area (Å²) in [6.07, 6.45) is 0.0777. The second-order valence-corrected chi connectivity index (χ2v) is 6.80. The van der Waals surface area contributed by atoms with Gasteiger partial charge in [-0.2, -0.15) is 0 Å². The van der Waals surface area contributed by atoms with E-state index in [1.54, 1.807) is 12.1 Å². The first-order chi connectivity index (χ1) is 14.5. The number of fused-ring (bicyclic) bond motifs is 1. The number of H-pyrrole nitrogens is 1. The number of amides is 1. The van der Waals surface area contributed by atoms with Crippen LogP contribution in [0, 0.1) is 0 Å². The number of benzene rings is 2. The summed E-state index contributed by atoms with van der Waals surface area (Å²) in [6.45, 7) is 0. The number of nitrogens with one attached hydrogen (secondary N) is 2. The van der Waals surface area contributed by atoms with Gasteiger partial charge >= 0.3 is 0 Å². The van der Waals surface area contributed by atoms with Crippen LogP contribution in [0.25, 0.3) is 11.4 Å². The van der Waals surface area contributed by atoms with Gasteiger partial charge in [-0.3, -0.25) is 9.59 Å². The largest absolute Gasteiger partial charge is 0.496 e. The highest BCUT2D eigenvalue weighted by molar-refractivity contribution is 5.94. The van der Waals surface area contributed by atoms with E-state index in [1.165, 1.54) is 21.3 Å². The molecule has 0 aliphatic carbocycles. The monoisotopic (exact) mass is 407 g/mol. The molecule has 2 heterocycles. The van der Waals surface area contributed by atoms with Crippen molar-refractivity contribution < 1.29 is 19.0 Å². The van der Waals surface area contributed by atoms with Gasteiger partial charge in [0.25, 0.3) is 5.56 Å². The van der Waals surface area contributed by atoms with Gasteiger partial charge in [0.05, 0.1) is 26.9 Å². The van der Waals surface area contributed by atoms with Crippen LogP contribution in [0.2, 0.25) is 0 Å². The maximum atomic E-state index is 13.1. The minimum absolute atomic E-state index is 0.0777. The Morgan fingerprint density at radius 1 is 0.933 bits per heavy atom. The minimum Gasteiger partial charge on any atom is -0.496 e. The van der Waals surface area contributed by atoms with Gasteiger partial charge in [0.15, 0.2) is 11.5 Å². The van der Waals surface area contributed by atoms with E-state index < -0.39 is 5.92 Å². The molecule has 8 nitrogen and oxygen atoms in total. The Hall–Kier alpha value is -3.81. The molecule has 8 heteroatoms. The fourth-order valence-corrected chi connectivity index (χ4v) is 3.69. The first-order valence-corrected chi connectivity index (χ1v) is 9.35. The average Bonchev–Trinajstić information content (AvgIpc) is 2.77. The van der Waals surface area contributed by atoms with Crippen LogP contribution in [-0.4, -0.2) is 37.2 Å². The maximum Gasteiger partial charge on any atom is 0.257 e. The van der Waals surface area contributed by atoms with Gasteiger partial charge in [0.1, 0.15) is 17.4 Å². The van der Waals surface area contributed by atoms with Crippen molar-refractivity contribution >= 4 is 11.7 Å². The molecule has 154 valence electrons. The van der Waals surface area contributed by atoms with Gasteiger partial charge < -0.3 is 24.5 Å². The van der Waals surface area contributed by atoms with E-state index >= 15 is 0 Å². The topological polar surface area (TPSA) is 103 Å². The molecular weight excluding hydrogens is 386 g/mol. The molecule has 0 saturated heterocycles. The summed E-state index contributed by atoms with van der Waals surface area (Å²) in [5.74, 6) is 1.31. The molecule has 0 fully saturated rings. The number of methoxy groups -OCH3 is 3. The number of hydrogen-bond donors (Lipinski definition) is 2. The van der Waals surface area contributed by atoms with Gasteiger partial charge in [-0.05, 0) is 6.07 Å². The average molecular weight is 407 g/mol. The van der Waals surface area contributed by atoms with Crippen LogP contribution in [0.15, 0.2) is 47.3 Å². The number of rotatable bonds is 5. The lowest BCUT2D eigenvalue weighted by Crippen LogP contribution is -2.31. The molecule has 4 rings (SSSR count). The summed E-state index contributed by atoms with van der Waals surface area (Å²) in [7, 11) is 4.58. The highest BCUT2D eigenvalue weighted by Crippen LogP contribution is 2.43. The van der Waals surface area contributed by atoms with Crippen LogP contribution in [0.4, 0.5) is 5.82 Å². The van der Waals surface area contributed by atoms with Crippen molar-refractivity contribution in [1.82, 2.24) is 9.97 Å². The van der Waals surface area contributed by atoms with Gasteiger partial charge in [-0.25, -0.2) is 4.98 Å². The van der Waals surface area contributed by atoms with Crippen molar-refractivity contribution in [2.45, 2.75) is 12.3 Å². The summed E-state index contributed by atoms with van der Waals surface area (Å²) >= 11 is 0. The number of hydrogen-bond acceptors (Lipinski definition) is 6. The maximum absolute atomic E-state index is 13.1. The predicted molar refractivity (Wildman–Crippen MR) is 111 cm³/mol. The number of aromatic nitrogens is 2. The molecule has 1 aromatic heterocycles. The number of ether oxygens (including phenoxy) is 3. The van der Waals surface area contributed by atoms with Crippen molar-refractivity contribution in [2.75, 3.05) is 26.6 Å². The van der Waals surface area contributed by atoms with E-state index in [0.29, 0.717) is 34.2 Å². The van der Waals surface area contributed by atoms with E-state index in [-0.39, 0.29) is 23.7 Å².